The second-order valence-corrected chi connectivity index (χ2v) is 3.52. The third kappa shape index (κ3) is 2.16. The van der Waals surface area contributed by atoms with Crippen LogP contribution < -0.4 is 5.73 Å². The third-order valence-corrected chi connectivity index (χ3v) is 2.38. The zero-order valence-corrected chi connectivity index (χ0v) is 9.15. The highest BCUT2D eigenvalue weighted by Crippen LogP contribution is 2.21. The van der Waals surface area contributed by atoms with Gasteiger partial charge in [0.05, 0.1) is 6.04 Å². The molecule has 0 bridgehead atoms. The number of nitrogens with zero attached hydrogens (tertiary/aromatic N) is 2. The van der Waals surface area contributed by atoms with Gasteiger partial charge in [-0.05, 0) is 6.07 Å². The second-order valence-electron chi connectivity index (χ2n) is 3.52. The summed E-state index contributed by atoms with van der Waals surface area (Å²) in [6.45, 7) is 1.84. The van der Waals surface area contributed by atoms with Gasteiger partial charge < -0.3 is 10.3 Å². The van der Waals surface area contributed by atoms with Crippen LogP contribution in [0.1, 0.15) is 30.2 Å². The first-order chi connectivity index (χ1) is 8.13. The van der Waals surface area contributed by atoms with Gasteiger partial charge in [0.15, 0.2) is 17.5 Å². The van der Waals surface area contributed by atoms with Crippen LogP contribution in [0.5, 0.6) is 0 Å². The van der Waals surface area contributed by atoms with Crippen molar-refractivity contribution >= 4 is 0 Å². The van der Waals surface area contributed by atoms with Crippen molar-refractivity contribution in [2.45, 2.75) is 19.4 Å². The minimum absolute atomic E-state index is 0.00783. The Kier molecular flexibility index (Phi) is 3.14. The summed E-state index contributed by atoms with van der Waals surface area (Å²) in [7, 11) is 0. The van der Waals surface area contributed by atoms with Crippen LogP contribution in [0.2, 0.25) is 0 Å². The molecule has 0 spiro atoms. The number of aryl methyl sites for hydroxylation is 1. The Bertz CT molecular complexity index is 527. The summed E-state index contributed by atoms with van der Waals surface area (Å²) < 4.78 is 31.4. The molecule has 0 amide bonds. The molecule has 1 aromatic carbocycles. The Morgan fingerprint density at radius 1 is 1.41 bits per heavy atom. The molecule has 17 heavy (non-hydrogen) atoms. The highest BCUT2D eigenvalue weighted by Gasteiger charge is 2.20. The first-order valence-electron chi connectivity index (χ1n) is 5.15. The van der Waals surface area contributed by atoms with Crippen LogP contribution in [0.4, 0.5) is 8.78 Å². The molecule has 0 saturated heterocycles. The van der Waals surface area contributed by atoms with Gasteiger partial charge in [-0.15, -0.1) is 0 Å². The molecule has 4 nitrogen and oxygen atoms in total. The van der Waals surface area contributed by atoms with E-state index in [0.717, 1.165) is 6.07 Å². The van der Waals surface area contributed by atoms with E-state index in [2.05, 4.69) is 10.1 Å². The highest BCUT2D eigenvalue weighted by molar-refractivity contribution is 5.26. The molecule has 90 valence electrons. The number of nitrogens with two attached hydrogens (primary N) is 1. The fraction of sp³-hybridized carbons (Fsp3) is 0.273. The molecule has 1 heterocycles. The van der Waals surface area contributed by atoms with Crippen LogP contribution in [-0.2, 0) is 6.42 Å². The first-order valence-corrected chi connectivity index (χ1v) is 5.15. The summed E-state index contributed by atoms with van der Waals surface area (Å²) in [5.41, 5.74) is 5.77. The van der Waals surface area contributed by atoms with Crippen molar-refractivity contribution in [2.75, 3.05) is 0 Å². The van der Waals surface area contributed by atoms with Crippen LogP contribution >= 0.6 is 0 Å². The zero-order valence-electron chi connectivity index (χ0n) is 9.15. The van der Waals surface area contributed by atoms with E-state index < -0.39 is 17.7 Å². The van der Waals surface area contributed by atoms with Crippen LogP contribution in [0.15, 0.2) is 22.7 Å². The quantitative estimate of drug-likeness (QED) is 0.889. The Morgan fingerprint density at radius 3 is 2.82 bits per heavy atom. The molecule has 0 aliphatic heterocycles. The Hall–Kier alpha value is -1.82. The smallest absolute Gasteiger partial charge is 0.226 e. The topological polar surface area (TPSA) is 64.9 Å². The van der Waals surface area contributed by atoms with E-state index in [1.54, 1.807) is 0 Å². The van der Waals surface area contributed by atoms with Crippen LogP contribution in [0.25, 0.3) is 0 Å². The van der Waals surface area contributed by atoms with E-state index in [9.17, 15) is 8.78 Å². The molecule has 0 saturated carbocycles. The van der Waals surface area contributed by atoms with Gasteiger partial charge in [-0.2, -0.15) is 4.98 Å². The van der Waals surface area contributed by atoms with Crippen molar-refractivity contribution in [3.63, 3.8) is 0 Å². The maximum Gasteiger partial charge on any atom is 0.226 e. The molecule has 0 aliphatic carbocycles. The third-order valence-electron chi connectivity index (χ3n) is 2.38. The number of benzene rings is 1. The largest absolute Gasteiger partial charge is 0.339 e. The van der Waals surface area contributed by atoms with Crippen LogP contribution in [-0.4, -0.2) is 10.1 Å². The van der Waals surface area contributed by atoms with Crippen molar-refractivity contribution in [2.24, 2.45) is 5.73 Å². The number of halogens is 2. The lowest BCUT2D eigenvalue weighted by atomic mass is 10.1. The molecule has 6 heteroatoms. The van der Waals surface area contributed by atoms with Gasteiger partial charge in [0.2, 0.25) is 5.89 Å². The molecule has 1 aromatic heterocycles. The minimum atomic E-state index is -0.983. The van der Waals surface area contributed by atoms with E-state index >= 15 is 0 Å². The van der Waals surface area contributed by atoms with Crippen molar-refractivity contribution in [1.82, 2.24) is 10.1 Å². The fourth-order valence-corrected chi connectivity index (χ4v) is 1.44. The molecule has 2 N–H and O–H groups in total. The van der Waals surface area contributed by atoms with Gasteiger partial charge in [0.1, 0.15) is 0 Å². The molecule has 0 aliphatic rings. The molecule has 2 aromatic rings. The maximum absolute atomic E-state index is 13.5. The average molecular weight is 239 g/mol. The minimum Gasteiger partial charge on any atom is -0.339 e. The summed E-state index contributed by atoms with van der Waals surface area (Å²) in [6.07, 6.45) is 0.561. The first kappa shape index (κ1) is 11.7. The molecule has 1 unspecified atom stereocenters. The Labute approximate surface area is 96.4 Å². The van der Waals surface area contributed by atoms with Crippen molar-refractivity contribution in [3.8, 4) is 0 Å². The summed E-state index contributed by atoms with van der Waals surface area (Å²) in [6, 6.07) is 2.87. The second kappa shape index (κ2) is 4.58. The van der Waals surface area contributed by atoms with Crippen molar-refractivity contribution in [1.29, 1.82) is 0 Å². The number of hydrogen-bond donors (Lipinski definition) is 1. The van der Waals surface area contributed by atoms with E-state index in [-0.39, 0.29) is 11.4 Å². The van der Waals surface area contributed by atoms with Gasteiger partial charge in [0.25, 0.3) is 0 Å². The van der Waals surface area contributed by atoms with Crippen molar-refractivity contribution < 1.29 is 13.3 Å². The summed E-state index contributed by atoms with van der Waals surface area (Å²) in [5, 5.41) is 3.63. The monoisotopic (exact) mass is 239 g/mol. The number of aromatic nitrogens is 2. The van der Waals surface area contributed by atoms with E-state index in [4.69, 9.17) is 10.3 Å². The summed E-state index contributed by atoms with van der Waals surface area (Å²) in [4.78, 5) is 3.98. The molecule has 1 atom stereocenters. The summed E-state index contributed by atoms with van der Waals surface area (Å²) in [5.74, 6) is -1.38. The normalized spacial score (nSPS) is 12.7. The van der Waals surface area contributed by atoms with Crippen LogP contribution in [0.3, 0.4) is 0 Å². The fourth-order valence-electron chi connectivity index (χ4n) is 1.44. The van der Waals surface area contributed by atoms with Gasteiger partial charge in [0, 0.05) is 12.0 Å². The molecule has 0 radical (unpaired) electrons. The highest BCUT2D eigenvalue weighted by atomic mass is 19.2. The van der Waals surface area contributed by atoms with Gasteiger partial charge in [-0.25, -0.2) is 8.78 Å². The standard InChI is InChI=1S/C11H11F2N3O/c1-2-8-15-11(16-17-8)10(14)6-4-3-5-7(12)9(6)13/h3-5,10H,2,14H2,1H3. The lowest BCUT2D eigenvalue weighted by Crippen LogP contribution is -2.16. The molecular weight excluding hydrogens is 228 g/mol. The lowest BCUT2D eigenvalue weighted by molar-refractivity contribution is 0.374. The lowest BCUT2D eigenvalue weighted by Gasteiger charge is -2.08. The molecule has 0 fully saturated rings. The number of rotatable bonds is 3. The zero-order chi connectivity index (χ0) is 12.4. The van der Waals surface area contributed by atoms with Gasteiger partial charge in [-0.3, -0.25) is 0 Å². The Balaban J connectivity index is 2.36. The predicted molar refractivity (Wildman–Crippen MR) is 56.1 cm³/mol. The molecule has 2 rings (SSSR count). The van der Waals surface area contributed by atoms with E-state index in [1.165, 1.54) is 12.1 Å². The predicted octanol–water partition coefficient (Wildman–Crippen LogP) is 1.96. The van der Waals surface area contributed by atoms with Gasteiger partial charge >= 0.3 is 0 Å². The molecular formula is C11H11F2N3O. The maximum atomic E-state index is 13.5. The van der Waals surface area contributed by atoms with Crippen molar-refractivity contribution in [3.05, 3.63) is 47.1 Å². The summed E-state index contributed by atoms with van der Waals surface area (Å²) >= 11 is 0. The Morgan fingerprint density at radius 2 is 2.18 bits per heavy atom. The SMILES string of the molecule is CCc1nc(C(N)c2cccc(F)c2F)no1. The van der Waals surface area contributed by atoms with E-state index in [1.807, 2.05) is 6.92 Å². The average Bonchev–Trinajstić information content (AvgIpc) is 2.80. The van der Waals surface area contributed by atoms with Gasteiger partial charge in [-0.1, -0.05) is 24.2 Å². The van der Waals surface area contributed by atoms with E-state index in [0.29, 0.717) is 12.3 Å². The van der Waals surface area contributed by atoms with Crippen LogP contribution in [0, 0.1) is 11.6 Å². The number of hydrogen-bond acceptors (Lipinski definition) is 4.